The highest BCUT2D eigenvalue weighted by atomic mass is 35.5. The topological polar surface area (TPSA) is 95.1 Å². The molecule has 0 radical (unpaired) electrons. The summed E-state index contributed by atoms with van der Waals surface area (Å²) < 4.78 is 51.2. The Morgan fingerprint density at radius 2 is 1.53 bits per heavy atom. The average molecular weight is 474 g/mol. The summed E-state index contributed by atoms with van der Waals surface area (Å²) in [6.45, 7) is 0. The molecule has 3 aromatic carbocycles. The molecule has 0 bridgehead atoms. The van der Waals surface area contributed by atoms with Crippen LogP contribution in [0.2, 0.25) is 5.02 Å². The second-order valence-corrected chi connectivity index (χ2v) is 8.79. The molecule has 0 saturated carbocycles. The van der Waals surface area contributed by atoms with Crippen molar-refractivity contribution in [2.75, 3.05) is 0 Å². The minimum atomic E-state index is -3.89. The lowest BCUT2D eigenvalue weighted by Gasteiger charge is -2.13. The van der Waals surface area contributed by atoms with Gasteiger partial charge >= 0.3 is 0 Å². The molecule has 0 fully saturated rings. The van der Waals surface area contributed by atoms with Crippen LogP contribution in [0.5, 0.6) is 0 Å². The van der Waals surface area contributed by atoms with E-state index in [0.29, 0.717) is 16.7 Å². The molecular weight excluding hydrogens is 460 g/mol. The van der Waals surface area contributed by atoms with E-state index < -0.39 is 27.2 Å². The molecule has 2 N–H and O–H groups in total. The maximum atomic E-state index is 13.6. The van der Waals surface area contributed by atoms with E-state index in [2.05, 4.69) is 5.10 Å². The van der Waals surface area contributed by atoms with Gasteiger partial charge in [0, 0.05) is 5.56 Å². The van der Waals surface area contributed by atoms with Gasteiger partial charge < -0.3 is 0 Å². The number of aromatic nitrogens is 2. The van der Waals surface area contributed by atoms with Crippen LogP contribution in [-0.4, -0.2) is 18.2 Å². The number of rotatable bonds is 4. The number of hydrogen-bond acceptors (Lipinski definition) is 4. The second kappa shape index (κ2) is 8.27. The van der Waals surface area contributed by atoms with Gasteiger partial charge in [-0.2, -0.15) is 9.78 Å². The lowest BCUT2D eigenvalue weighted by Crippen LogP contribution is -2.23. The minimum Gasteiger partial charge on any atom is -0.267 e. The molecule has 6 nitrogen and oxygen atoms in total. The highest BCUT2D eigenvalue weighted by Crippen LogP contribution is 2.30. The SMILES string of the molecule is NS(=O)(=O)c1ccc(-c2cnn(-c3ccc(F)c(Cl)c3)c(=O)c2-c2ccc(F)cc2)cc1. The Labute approximate surface area is 186 Å². The van der Waals surface area contributed by atoms with Gasteiger partial charge in [0.25, 0.3) is 5.56 Å². The molecule has 0 aliphatic heterocycles. The highest BCUT2D eigenvalue weighted by Gasteiger charge is 2.18. The average Bonchev–Trinajstić information content (AvgIpc) is 2.76. The fraction of sp³-hybridized carbons (Fsp3) is 0. The normalized spacial score (nSPS) is 11.5. The van der Waals surface area contributed by atoms with Gasteiger partial charge in [0.2, 0.25) is 10.0 Å². The minimum absolute atomic E-state index is 0.0909. The van der Waals surface area contributed by atoms with Gasteiger partial charge in [0.15, 0.2) is 0 Å². The molecule has 0 saturated heterocycles. The molecule has 10 heteroatoms. The van der Waals surface area contributed by atoms with E-state index in [1.165, 1.54) is 66.9 Å². The van der Waals surface area contributed by atoms with Crippen LogP contribution in [-0.2, 0) is 10.0 Å². The summed E-state index contributed by atoms with van der Waals surface area (Å²) in [5.74, 6) is -1.12. The zero-order valence-electron chi connectivity index (χ0n) is 16.2. The fourth-order valence-corrected chi connectivity index (χ4v) is 3.88. The van der Waals surface area contributed by atoms with Crippen LogP contribution in [0.4, 0.5) is 8.78 Å². The van der Waals surface area contributed by atoms with Crippen molar-refractivity contribution in [3.05, 3.63) is 99.9 Å². The smallest absolute Gasteiger partial charge is 0.267 e. The van der Waals surface area contributed by atoms with Crippen molar-refractivity contribution in [1.29, 1.82) is 0 Å². The molecule has 0 atom stereocenters. The van der Waals surface area contributed by atoms with E-state index in [-0.39, 0.29) is 21.2 Å². The van der Waals surface area contributed by atoms with E-state index >= 15 is 0 Å². The second-order valence-electron chi connectivity index (χ2n) is 6.82. The molecule has 1 heterocycles. The number of halogens is 3. The predicted molar refractivity (Wildman–Crippen MR) is 117 cm³/mol. The maximum Gasteiger partial charge on any atom is 0.279 e. The summed E-state index contributed by atoms with van der Waals surface area (Å²) in [7, 11) is -3.89. The van der Waals surface area contributed by atoms with E-state index in [1.807, 2.05) is 0 Å². The molecule has 1 aromatic heterocycles. The van der Waals surface area contributed by atoms with E-state index in [1.54, 1.807) is 0 Å². The van der Waals surface area contributed by atoms with Gasteiger partial charge in [0.1, 0.15) is 11.6 Å². The van der Waals surface area contributed by atoms with Crippen LogP contribution in [0.1, 0.15) is 0 Å². The predicted octanol–water partition coefficient (Wildman–Crippen LogP) is 4.15. The quantitative estimate of drug-likeness (QED) is 0.481. The Morgan fingerprint density at radius 1 is 0.906 bits per heavy atom. The van der Waals surface area contributed by atoms with Crippen LogP contribution in [0, 0.1) is 11.6 Å². The Morgan fingerprint density at radius 3 is 2.12 bits per heavy atom. The van der Waals surface area contributed by atoms with Crippen LogP contribution in [0.3, 0.4) is 0 Å². The van der Waals surface area contributed by atoms with Gasteiger partial charge in [-0.1, -0.05) is 35.9 Å². The van der Waals surface area contributed by atoms with Gasteiger partial charge in [-0.3, -0.25) is 4.79 Å². The summed E-state index contributed by atoms with van der Waals surface area (Å²) in [4.78, 5) is 13.3. The Hall–Kier alpha value is -3.40. The molecule has 32 heavy (non-hydrogen) atoms. The third kappa shape index (κ3) is 4.18. The van der Waals surface area contributed by atoms with Crippen molar-refractivity contribution >= 4 is 21.6 Å². The van der Waals surface area contributed by atoms with Crippen molar-refractivity contribution in [3.8, 4) is 27.9 Å². The van der Waals surface area contributed by atoms with E-state index in [4.69, 9.17) is 16.7 Å². The Bertz CT molecular complexity index is 1490. The largest absolute Gasteiger partial charge is 0.279 e. The molecule has 0 amide bonds. The number of nitrogens with zero attached hydrogens (tertiary/aromatic N) is 2. The third-order valence-corrected chi connectivity index (χ3v) is 5.97. The van der Waals surface area contributed by atoms with E-state index in [9.17, 15) is 22.0 Å². The Kier molecular flexibility index (Phi) is 5.64. The first-order valence-electron chi connectivity index (χ1n) is 9.12. The molecule has 0 aliphatic rings. The van der Waals surface area contributed by atoms with E-state index in [0.717, 1.165) is 10.7 Å². The molecule has 4 rings (SSSR count). The third-order valence-electron chi connectivity index (χ3n) is 4.75. The summed E-state index contributed by atoms with van der Waals surface area (Å²) >= 11 is 5.85. The molecule has 4 aromatic rings. The lowest BCUT2D eigenvalue weighted by molar-refractivity contribution is 0.598. The molecular formula is C22H14ClF2N3O3S. The maximum absolute atomic E-state index is 13.6. The summed E-state index contributed by atoms with van der Waals surface area (Å²) in [6.07, 6.45) is 1.41. The van der Waals surface area contributed by atoms with Gasteiger partial charge in [-0.25, -0.2) is 22.3 Å². The first-order chi connectivity index (χ1) is 15.1. The summed E-state index contributed by atoms with van der Waals surface area (Å²) in [5.41, 5.74) is 1.14. The van der Waals surface area contributed by atoms with Crippen molar-refractivity contribution in [2.24, 2.45) is 5.14 Å². The van der Waals surface area contributed by atoms with Crippen LogP contribution >= 0.6 is 11.6 Å². The van der Waals surface area contributed by atoms with Crippen molar-refractivity contribution in [3.63, 3.8) is 0 Å². The van der Waals surface area contributed by atoms with Crippen LogP contribution in [0.25, 0.3) is 27.9 Å². The number of hydrogen-bond donors (Lipinski definition) is 1. The first kappa shape index (κ1) is 21.8. The molecule has 0 unspecified atom stereocenters. The monoisotopic (exact) mass is 473 g/mol. The lowest BCUT2D eigenvalue weighted by atomic mass is 9.97. The molecule has 162 valence electrons. The number of nitrogens with two attached hydrogens (primary N) is 1. The zero-order chi connectivity index (χ0) is 23.0. The van der Waals surface area contributed by atoms with Crippen LogP contribution < -0.4 is 10.7 Å². The van der Waals surface area contributed by atoms with Gasteiger partial charge in [0.05, 0.1) is 27.4 Å². The summed E-state index contributed by atoms with van der Waals surface area (Å²) in [6, 6.07) is 14.6. The molecule has 0 spiro atoms. The number of primary sulfonamides is 1. The number of benzene rings is 3. The first-order valence-corrected chi connectivity index (χ1v) is 11.0. The zero-order valence-corrected chi connectivity index (χ0v) is 17.7. The Balaban J connectivity index is 1.96. The molecule has 0 aliphatic carbocycles. The standard InChI is InChI=1S/C22H14ClF2N3O3S/c23-19-11-16(7-10-20(19)25)28-22(29)21(14-1-5-15(24)6-2-14)18(12-27-28)13-3-8-17(9-4-13)32(26,30)31/h1-12H,(H2,26,30,31). The van der Waals surface area contributed by atoms with Crippen molar-refractivity contribution in [1.82, 2.24) is 9.78 Å². The summed E-state index contributed by atoms with van der Waals surface area (Å²) in [5, 5.41) is 9.14. The van der Waals surface area contributed by atoms with Crippen molar-refractivity contribution < 1.29 is 17.2 Å². The number of sulfonamides is 1. The fourth-order valence-electron chi connectivity index (χ4n) is 3.19. The highest BCUT2D eigenvalue weighted by molar-refractivity contribution is 7.89. The van der Waals surface area contributed by atoms with Crippen molar-refractivity contribution in [2.45, 2.75) is 4.90 Å². The van der Waals surface area contributed by atoms with Gasteiger partial charge in [-0.15, -0.1) is 0 Å². The van der Waals surface area contributed by atoms with Gasteiger partial charge in [-0.05, 0) is 53.6 Å². The van der Waals surface area contributed by atoms with Crippen LogP contribution in [0.15, 0.2) is 82.6 Å².